The van der Waals surface area contributed by atoms with Gasteiger partial charge in [-0.25, -0.2) is 0 Å². The molecule has 8 rings (SSSR count). The molecule has 0 aromatic heterocycles. The molecule has 0 N–H and O–H groups in total. The van der Waals surface area contributed by atoms with Crippen LogP contribution < -0.4 is 0 Å². The van der Waals surface area contributed by atoms with Crippen molar-refractivity contribution in [2.75, 3.05) is 0 Å². The van der Waals surface area contributed by atoms with E-state index >= 15 is 0 Å². The molecule has 55 heavy (non-hydrogen) atoms. The fourth-order valence-corrected chi connectivity index (χ4v) is 7.86. The Morgan fingerprint density at radius 3 is 0.927 bits per heavy atom. The largest absolute Gasteiger partial charge is 0.0625 e. The Kier molecular flexibility index (Phi) is 19.7. The van der Waals surface area contributed by atoms with Gasteiger partial charge in [0.2, 0.25) is 0 Å². The highest BCUT2D eigenvalue weighted by Crippen LogP contribution is 2.56. The third-order valence-electron chi connectivity index (χ3n) is 13.6. The van der Waals surface area contributed by atoms with Gasteiger partial charge >= 0.3 is 0 Å². The van der Waals surface area contributed by atoms with Gasteiger partial charge in [-0.1, -0.05) is 142 Å². The van der Waals surface area contributed by atoms with Gasteiger partial charge in [-0.05, 0) is 201 Å². The zero-order chi connectivity index (χ0) is 41.5. The Hall–Kier alpha value is -3.12. The first-order valence-corrected chi connectivity index (χ1v) is 21.8. The third kappa shape index (κ3) is 17.3. The Balaban J connectivity index is 0.000000229. The lowest BCUT2D eigenvalue weighted by Crippen LogP contribution is -2.37. The maximum absolute atomic E-state index is 2.48. The minimum Gasteiger partial charge on any atom is -0.0625 e. The molecule has 4 aromatic rings. The average molecular weight is 745 g/mol. The van der Waals surface area contributed by atoms with Gasteiger partial charge in [0.05, 0.1) is 0 Å². The SMILES string of the molecule is CC12CCC(C)(CC1)CC2.CC1CCC(C)CC1.Cc1cc(C)c(C)c(C)c1.Cc1ccc(C)c(C)c1.Cc1ccc(C)c(C)c1C.Cc1ccc(C)cc1. The van der Waals surface area contributed by atoms with E-state index in [1.165, 1.54) is 137 Å². The van der Waals surface area contributed by atoms with Crippen LogP contribution in [0.4, 0.5) is 0 Å². The molecule has 4 fully saturated rings. The number of rotatable bonds is 0. The molecule has 4 aromatic carbocycles. The molecular weight excluding hydrogens is 661 g/mol. The first-order valence-electron chi connectivity index (χ1n) is 21.8. The second kappa shape index (κ2) is 22.6. The van der Waals surface area contributed by atoms with Crippen molar-refractivity contribution in [3.63, 3.8) is 0 Å². The zero-order valence-electron chi connectivity index (χ0n) is 39.1. The maximum atomic E-state index is 2.48. The third-order valence-corrected chi connectivity index (χ3v) is 13.6. The predicted molar refractivity (Wildman–Crippen MR) is 248 cm³/mol. The van der Waals surface area contributed by atoms with E-state index in [1.54, 1.807) is 0 Å². The zero-order valence-corrected chi connectivity index (χ0v) is 39.1. The summed E-state index contributed by atoms with van der Waals surface area (Å²) in [5.74, 6) is 2.04. The molecule has 0 spiro atoms. The lowest BCUT2D eigenvalue weighted by atomic mass is 9.55. The minimum absolute atomic E-state index is 0.762. The van der Waals surface area contributed by atoms with Crippen LogP contribution in [0.1, 0.15) is 164 Å². The smallest absolute Gasteiger partial charge is 0.0325 e. The van der Waals surface area contributed by atoms with Crippen LogP contribution in [0.3, 0.4) is 0 Å². The molecule has 0 unspecified atom stereocenters. The molecule has 0 nitrogen and oxygen atoms in total. The number of fused-ring (bicyclic) bond motifs is 3. The molecule has 4 aliphatic carbocycles. The second-order valence-electron chi connectivity index (χ2n) is 19.2. The van der Waals surface area contributed by atoms with Crippen LogP contribution in [-0.2, 0) is 0 Å². The van der Waals surface area contributed by atoms with Crippen molar-refractivity contribution in [1.29, 1.82) is 0 Å². The molecule has 0 heteroatoms. The van der Waals surface area contributed by atoms with Crippen molar-refractivity contribution in [3.05, 3.63) is 139 Å². The van der Waals surface area contributed by atoms with E-state index < -0.39 is 0 Å². The monoisotopic (exact) mass is 745 g/mol. The van der Waals surface area contributed by atoms with E-state index in [0.717, 1.165) is 22.7 Å². The molecule has 2 bridgehead atoms. The summed E-state index contributed by atoms with van der Waals surface area (Å²) in [6.07, 6.45) is 14.9. The molecule has 4 aliphatic rings. The summed E-state index contributed by atoms with van der Waals surface area (Å²) in [6.45, 7) is 37.6. The van der Waals surface area contributed by atoms with Crippen LogP contribution in [0.15, 0.2) is 66.7 Å². The van der Waals surface area contributed by atoms with E-state index in [-0.39, 0.29) is 0 Å². The van der Waals surface area contributed by atoms with E-state index in [1.807, 2.05) is 0 Å². The number of aryl methyl sites for hydroxylation is 10. The van der Waals surface area contributed by atoms with Crippen LogP contribution in [0.5, 0.6) is 0 Å². The Morgan fingerprint density at radius 2 is 0.618 bits per heavy atom. The summed E-state index contributed by atoms with van der Waals surface area (Å²) >= 11 is 0. The maximum Gasteiger partial charge on any atom is -0.0325 e. The summed E-state index contributed by atoms with van der Waals surface area (Å²) in [5.41, 5.74) is 19.5. The van der Waals surface area contributed by atoms with E-state index in [0.29, 0.717) is 0 Å². The molecular formula is C55H84. The van der Waals surface area contributed by atoms with Crippen molar-refractivity contribution in [3.8, 4) is 0 Å². The van der Waals surface area contributed by atoms with Crippen molar-refractivity contribution >= 4 is 0 Å². The van der Waals surface area contributed by atoms with Gasteiger partial charge in [-0.2, -0.15) is 0 Å². The van der Waals surface area contributed by atoms with Gasteiger partial charge in [0.15, 0.2) is 0 Å². The van der Waals surface area contributed by atoms with Crippen molar-refractivity contribution < 1.29 is 0 Å². The average Bonchev–Trinajstić information content (AvgIpc) is 3.14. The number of hydrogen-bond acceptors (Lipinski definition) is 0. The van der Waals surface area contributed by atoms with Gasteiger partial charge in [0.1, 0.15) is 0 Å². The minimum atomic E-state index is 0.762. The molecule has 0 amide bonds. The fourth-order valence-electron chi connectivity index (χ4n) is 7.86. The number of hydrogen-bond donors (Lipinski definition) is 0. The summed E-state index contributed by atoms with van der Waals surface area (Å²) in [5, 5.41) is 0. The Labute approximate surface area is 342 Å². The van der Waals surface area contributed by atoms with Gasteiger partial charge < -0.3 is 0 Å². The molecule has 4 saturated carbocycles. The fraction of sp³-hybridized carbons (Fsp3) is 0.564. The highest BCUT2D eigenvalue weighted by molar-refractivity contribution is 5.38. The summed E-state index contributed by atoms with van der Waals surface area (Å²) < 4.78 is 0. The predicted octanol–water partition coefficient (Wildman–Crippen LogP) is 17.0. The highest BCUT2D eigenvalue weighted by atomic mass is 14.5. The standard InChI is InChI=1S/C10H18.2C10H14.C9H12.C8H16.C8H10/c1-9-3-6-10(2,7-4-9)8-5-9;1-7-5-8(2)10(4)9(3)6-7;1-7-5-6-8(2)10(4)9(7)3;1-7-4-5-8(2)9(3)6-7;2*1-7-3-5-8(2)6-4-7/h3-8H2,1-2H3;2*5-6H,1-4H3;4-6H,1-3H3;7-8H,3-6H2,1-2H3;3-6H,1-2H3. The van der Waals surface area contributed by atoms with Crippen molar-refractivity contribution in [1.82, 2.24) is 0 Å². The van der Waals surface area contributed by atoms with Gasteiger partial charge in [-0.15, -0.1) is 0 Å². The van der Waals surface area contributed by atoms with Gasteiger partial charge in [0.25, 0.3) is 0 Å². The molecule has 0 saturated heterocycles. The lowest BCUT2D eigenvalue weighted by Gasteiger charge is -2.50. The van der Waals surface area contributed by atoms with E-state index in [4.69, 9.17) is 0 Å². The first-order chi connectivity index (χ1) is 25.6. The second-order valence-corrected chi connectivity index (χ2v) is 19.2. The topological polar surface area (TPSA) is 0 Å². The quantitative estimate of drug-likeness (QED) is 0.168. The van der Waals surface area contributed by atoms with Crippen molar-refractivity contribution in [2.45, 2.75) is 182 Å². The molecule has 0 radical (unpaired) electrons. The van der Waals surface area contributed by atoms with Crippen LogP contribution in [0.2, 0.25) is 0 Å². The van der Waals surface area contributed by atoms with Gasteiger partial charge in [-0.3, -0.25) is 0 Å². The van der Waals surface area contributed by atoms with Crippen LogP contribution >= 0.6 is 0 Å². The summed E-state index contributed by atoms with van der Waals surface area (Å²) in [4.78, 5) is 0. The molecule has 0 atom stereocenters. The summed E-state index contributed by atoms with van der Waals surface area (Å²) in [7, 11) is 0. The Bertz CT molecular complexity index is 1600. The normalized spacial score (nSPS) is 22.1. The number of benzene rings is 4. The van der Waals surface area contributed by atoms with Crippen LogP contribution in [-0.4, -0.2) is 0 Å². The van der Waals surface area contributed by atoms with Crippen LogP contribution in [0.25, 0.3) is 0 Å². The van der Waals surface area contributed by atoms with Crippen LogP contribution in [0, 0.1) is 113 Å². The van der Waals surface area contributed by atoms with Gasteiger partial charge in [0, 0.05) is 0 Å². The first kappa shape index (κ1) is 48.0. The summed E-state index contributed by atoms with van der Waals surface area (Å²) in [6, 6.07) is 23.8. The molecule has 304 valence electrons. The molecule has 0 heterocycles. The lowest BCUT2D eigenvalue weighted by molar-refractivity contribution is 0.0164. The van der Waals surface area contributed by atoms with Crippen molar-refractivity contribution in [2.24, 2.45) is 22.7 Å². The van der Waals surface area contributed by atoms with E-state index in [9.17, 15) is 0 Å². The highest BCUT2D eigenvalue weighted by Gasteiger charge is 2.42. The van der Waals surface area contributed by atoms with E-state index in [2.05, 4.69) is 184 Å². The molecule has 0 aliphatic heterocycles. The Morgan fingerprint density at radius 1 is 0.327 bits per heavy atom.